The molecule has 0 aliphatic carbocycles. The lowest BCUT2D eigenvalue weighted by atomic mass is 10.2. The SMILES string of the molecule is CN=C(NCCCCN1CCOCC1)N(C)Cc1ccccc1.I. The van der Waals surface area contributed by atoms with Gasteiger partial charge in [-0.2, -0.15) is 0 Å². The smallest absolute Gasteiger partial charge is 0.193 e. The number of hydrogen-bond acceptors (Lipinski definition) is 3. The number of nitrogens with zero attached hydrogens (tertiary/aromatic N) is 3. The topological polar surface area (TPSA) is 40.1 Å². The Morgan fingerprint density at radius 3 is 2.58 bits per heavy atom. The van der Waals surface area contributed by atoms with Crippen molar-refractivity contribution in [1.82, 2.24) is 15.1 Å². The van der Waals surface area contributed by atoms with Crippen LogP contribution < -0.4 is 5.32 Å². The lowest BCUT2D eigenvalue weighted by Crippen LogP contribution is -2.39. The number of ether oxygens (including phenoxy) is 1. The molecule has 1 aliphatic heterocycles. The molecule has 1 aromatic carbocycles. The van der Waals surface area contributed by atoms with Crippen molar-refractivity contribution in [3.8, 4) is 0 Å². The molecule has 0 aromatic heterocycles. The van der Waals surface area contributed by atoms with Gasteiger partial charge >= 0.3 is 0 Å². The normalized spacial score (nSPS) is 15.7. The van der Waals surface area contributed by atoms with E-state index in [1.165, 1.54) is 18.5 Å². The molecule has 1 saturated heterocycles. The molecule has 6 heteroatoms. The van der Waals surface area contributed by atoms with E-state index in [4.69, 9.17) is 4.74 Å². The van der Waals surface area contributed by atoms with Gasteiger partial charge in [-0.15, -0.1) is 24.0 Å². The van der Waals surface area contributed by atoms with Crippen molar-refractivity contribution in [2.45, 2.75) is 19.4 Å². The zero-order valence-corrected chi connectivity index (χ0v) is 17.2. The molecule has 1 aliphatic rings. The zero-order chi connectivity index (χ0) is 16.3. The van der Waals surface area contributed by atoms with E-state index in [0.29, 0.717) is 0 Å². The number of guanidine groups is 1. The monoisotopic (exact) mass is 446 g/mol. The minimum atomic E-state index is 0. The summed E-state index contributed by atoms with van der Waals surface area (Å²) in [6.45, 7) is 6.93. The van der Waals surface area contributed by atoms with Crippen molar-refractivity contribution < 1.29 is 4.74 Å². The number of unbranched alkanes of at least 4 members (excludes halogenated alkanes) is 1. The second-order valence-electron chi connectivity index (χ2n) is 5.98. The van der Waals surface area contributed by atoms with Gasteiger partial charge in [-0.3, -0.25) is 9.89 Å². The third-order valence-corrected chi connectivity index (χ3v) is 4.12. The summed E-state index contributed by atoms with van der Waals surface area (Å²) in [5.41, 5.74) is 1.30. The summed E-state index contributed by atoms with van der Waals surface area (Å²) in [5.74, 6) is 0.959. The quantitative estimate of drug-likeness (QED) is 0.302. The fourth-order valence-electron chi connectivity index (χ4n) is 2.80. The van der Waals surface area contributed by atoms with Crippen LogP contribution in [0.5, 0.6) is 0 Å². The van der Waals surface area contributed by atoms with E-state index in [-0.39, 0.29) is 24.0 Å². The average molecular weight is 446 g/mol. The molecule has 2 rings (SSSR count). The zero-order valence-electron chi connectivity index (χ0n) is 14.9. The van der Waals surface area contributed by atoms with Crippen LogP contribution in [0.2, 0.25) is 0 Å². The fourth-order valence-corrected chi connectivity index (χ4v) is 2.80. The van der Waals surface area contributed by atoms with Crippen LogP contribution in [0.1, 0.15) is 18.4 Å². The van der Waals surface area contributed by atoms with Gasteiger partial charge in [0.25, 0.3) is 0 Å². The van der Waals surface area contributed by atoms with E-state index >= 15 is 0 Å². The van der Waals surface area contributed by atoms with Gasteiger partial charge in [-0.25, -0.2) is 0 Å². The molecule has 0 atom stereocenters. The van der Waals surface area contributed by atoms with Crippen LogP contribution in [0.15, 0.2) is 35.3 Å². The van der Waals surface area contributed by atoms with E-state index in [1.807, 2.05) is 13.1 Å². The molecule has 1 heterocycles. The van der Waals surface area contributed by atoms with Gasteiger partial charge in [0.15, 0.2) is 5.96 Å². The average Bonchev–Trinajstić information content (AvgIpc) is 2.60. The second-order valence-corrected chi connectivity index (χ2v) is 5.98. The van der Waals surface area contributed by atoms with Crippen LogP contribution in [-0.4, -0.2) is 69.2 Å². The lowest BCUT2D eigenvalue weighted by Gasteiger charge is -2.26. The Labute approximate surface area is 163 Å². The van der Waals surface area contributed by atoms with Crippen molar-refractivity contribution in [3.63, 3.8) is 0 Å². The Bertz CT molecular complexity index is 463. The first-order chi connectivity index (χ1) is 11.3. The first-order valence-electron chi connectivity index (χ1n) is 8.55. The highest BCUT2D eigenvalue weighted by Crippen LogP contribution is 2.03. The van der Waals surface area contributed by atoms with Crippen molar-refractivity contribution >= 4 is 29.9 Å². The summed E-state index contributed by atoms with van der Waals surface area (Å²) in [5, 5.41) is 3.46. The highest BCUT2D eigenvalue weighted by Gasteiger charge is 2.09. The van der Waals surface area contributed by atoms with Gasteiger partial charge < -0.3 is 15.0 Å². The molecule has 0 amide bonds. The fraction of sp³-hybridized carbons (Fsp3) is 0.611. The summed E-state index contributed by atoms with van der Waals surface area (Å²) in [6.07, 6.45) is 2.38. The molecule has 1 fully saturated rings. The van der Waals surface area contributed by atoms with E-state index in [2.05, 4.69) is 51.4 Å². The maximum absolute atomic E-state index is 5.37. The Kier molecular flexibility index (Phi) is 11.0. The maximum Gasteiger partial charge on any atom is 0.193 e. The van der Waals surface area contributed by atoms with E-state index < -0.39 is 0 Å². The van der Waals surface area contributed by atoms with Crippen LogP contribution in [0.4, 0.5) is 0 Å². The number of morpholine rings is 1. The number of halogens is 1. The van der Waals surface area contributed by atoms with E-state index in [9.17, 15) is 0 Å². The van der Waals surface area contributed by atoms with E-state index in [0.717, 1.165) is 51.8 Å². The summed E-state index contributed by atoms with van der Waals surface area (Å²) in [6, 6.07) is 10.5. The molecule has 0 spiro atoms. The van der Waals surface area contributed by atoms with E-state index in [1.54, 1.807) is 0 Å². The molecule has 1 N–H and O–H groups in total. The Hall–Kier alpha value is -0.860. The molecule has 0 unspecified atom stereocenters. The minimum absolute atomic E-state index is 0. The largest absolute Gasteiger partial charge is 0.379 e. The highest BCUT2D eigenvalue weighted by atomic mass is 127. The van der Waals surface area contributed by atoms with Crippen molar-refractivity contribution in [1.29, 1.82) is 0 Å². The van der Waals surface area contributed by atoms with Crippen LogP contribution in [0, 0.1) is 0 Å². The molecule has 1 aromatic rings. The Morgan fingerprint density at radius 2 is 1.92 bits per heavy atom. The van der Waals surface area contributed by atoms with Gasteiger partial charge in [0.2, 0.25) is 0 Å². The molecule has 24 heavy (non-hydrogen) atoms. The molecular formula is C18H31IN4O. The predicted molar refractivity (Wildman–Crippen MR) is 111 cm³/mol. The van der Waals surface area contributed by atoms with Gasteiger partial charge in [-0.05, 0) is 24.9 Å². The summed E-state index contributed by atoms with van der Waals surface area (Å²) < 4.78 is 5.37. The second kappa shape index (κ2) is 12.5. The van der Waals surface area contributed by atoms with Crippen molar-refractivity contribution in [2.75, 3.05) is 53.5 Å². The number of aliphatic imine (C=N–C) groups is 1. The summed E-state index contributed by atoms with van der Waals surface area (Å²) in [7, 11) is 3.92. The highest BCUT2D eigenvalue weighted by molar-refractivity contribution is 14.0. The molecule has 5 nitrogen and oxygen atoms in total. The number of benzene rings is 1. The first-order valence-corrected chi connectivity index (χ1v) is 8.55. The third-order valence-electron chi connectivity index (χ3n) is 4.12. The molecular weight excluding hydrogens is 415 g/mol. The summed E-state index contributed by atoms with van der Waals surface area (Å²) in [4.78, 5) is 9.03. The van der Waals surface area contributed by atoms with Crippen LogP contribution in [-0.2, 0) is 11.3 Å². The van der Waals surface area contributed by atoms with Gasteiger partial charge in [0.1, 0.15) is 0 Å². The molecule has 0 bridgehead atoms. The molecule has 0 radical (unpaired) electrons. The van der Waals surface area contributed by atoms with Gasteiger partial charge in [-0.1, -0.05) is 30.3 Å². The van der Waals surface area contributed by atoms with Gasteiger partial charge in [0, 0.05) is 40.3 Å². The molecule has 136 valence electrons. The first kappa shape index (κ1) is 21.2. The van der Waals surface area contributed by atoms with Gasteiger partial charge in [0.05, 0.1) is 13.2 Å². The van der Waals surface area contributed by atoms with Crippen LogP contribution >= 0.6 is 24.0 Å². The number of rotatable bonds is 7. The maximum atomic E-state index is 5.37. The number of nitrogens with one attached hydrogen (secondary N) is 1. The lowest BCUT2D eigenvalue weighted by molar-refractivity contribution is 0.0372. The standard InChI is InChI=1S/C18H30N4O.HI/c1-19-18(21(2)16-17-8-4-3-5-9-17)20-10-6-7-11-22-12-14-23-15-13-22;/h3-5,8-9H,6-7,10-16H2,1-2H3,(H,19,20);1H. The molecule has 0 saturated carbocycles. The Balaban J connectivity index is 0.00000288. The summed E-state index contributed by atoms with van der Waals surface area (Å²) >= 11 is 0. The van der Waals surface area contributed by atoms with Crippen molar-refractivity contribution in [3.05, 3.63) is 35.9 Å². The Morgan fingerprint density at radius 1 is 1.21 bits per heavy atom. The third kappa shape index (κ3) is 7.81. The van der Waals surface area contributed by atoms with Crippen molar-refractivity contribution in [2.24, 2.45) is 4.99 Å². The van der Waals surface area contributed by atoms with Crippen LogP contribution in [0.25, 0.3) is 0 Å². The van der Waals surface area contributed by atoms with Crippen LogP contribution in [0.3, 0.4) is 0 Å². The number of hydrogen-bond donors (Lipinski definition) is 1. The minimum Gasteiger partial charge on any atom is -0.379 e. The predicted octanol–water partition coefficient (Wildman–Crippen LogP) is 2.42.